The van der Waals surface area contributed by atoms with E-state index in [0.717, 1.165) is 18.4 Å². The van der Waals surface area contributed by atoms with Gasteiger partial charge in [0.25, 0.3) is 0 Å². The minimum atomic E-state index is 0.458. The number of benzene rings is 1. The molecule has 1 saturated carbocycles. The van der Waals surface area contributed by atoms with E-state index in [0.29, 0.717) is 12.1 Å². The Morgan fingerprint density at radius 2 is 1.74 bits per heavy atom. The molecule has 3 unspecified atom stereocenters. The van der Waals surface area contributed by atoms with E-state index >= 15 is 0 Å². The third kappa shape index (κ3) is 2.70. The van der Waals surface area contributed by atoms with Gasteiger partial charge in [-0.3, -0.25) is 0 Å². The minimum Gasteiger partial charge on any atom is -0.383 e. The fourth-order valence-electron chi connectivity index (χ4n) is 4.05. The SMILES string of the molecule is COCC(C)NC1C2CCC1Cc1ccccc1C2. The Morgan fingerprint density at radius 1 is 1.16 bits per heavy atom. The van der Waals surface area contributed by atoms with Crippen molar-refractivity contribution >= 4 is 0 Å². The summed E-state index contributed by atoms with van der Waals surface area (Å²) in [5.74, 6) is 1.63. The molecule has 2 heteroatoms. The van der Waals surface area contributed by atoms with Gasteiger partial charge in [0.2, 0.25) is 0 Å². The molecule has 0 saturated heterocycles. The second-order valence-corrected chi connectivity index (χ2v) is 6.32. The second-order valence-electron chi connectivity index (χ2n) is 6.32. The number of nitrogens with one attached hydrogen (secondary N) is 1. The Labute approximate surface area is 116 Å². The molecular weight excluding hydrogens is 234 g/mol. The van der Waals surface area contributed by atoms with Crippen molar-refractivity contribution in [3.05, 3.63) is 35.4 Å². The molecular formula is C17H25NO. The highest BCUT2D eigenvalue weighted by molar-refractivity contribution is 5.30. The van der Waals surface area contributed by atoms with E-state index in [1.54, 1.807) is 18.2 Å². The number of hydrogen-bond acceptors (Lipinski definition) is 2. The van der Waals surface area contributed by atoms with Crippen LogP contribution in [0.15, 0.2) is 24.3 Å². The van der Waals surface area contributed by atoms with Crippen molar-refractivity contribution in [2.24, 2.45) is 11.8 Å². The number of methoxy groups -OCH3 is 1. The van der Waals surface area contributed by atoms with Crippen LogP contribution in [0.25, 0.3) is 0 Å². The van der Waals surface area contributed by atoms with Crippen LogP contribution in [0.2, 0.25) is 0 Å². The quantitative estimate of drug-likeness (QED) is 0.898. The largest absolute Gasteiger partial charge is 0.383 e. The van der Waals surface area contributed by atoms with Crippen LogP contribution in [-0.4, -0.2) is 25.8 Å². The minimum absolute atomic E-state index is 0.458. The molecule has 0 heterocycles. The molecule has 2 bridgehead atoms. The predicted octanol–water partition coefficient (Wildman–Crippen LogP) is 2.80. The maximum Gasteiger partial charge on any atom is 0.0613 e. The molecule has 3 atom stereocenters. The molecule has 1 fully saturated rings. The van der Waals surface area contributed by atoms with Gasteiger partial charge in [0.1, 0.15) is 0 Å². The number of rotatable bonds is 4. The van der Waals surface area contributed by atoms with Crippen molar-refractivity contribution in [1.82, 2.24) is 5.32 Å². The maximum atomic E-state index is 5.27. The molecule has 1 aromatic carbocycles. The highest BCUT2D eigenvalue weighted by Crippen LogP contribution is 2.40. The van der Waals surface area contributed by atoms with Crippen molar-refractivity contribution in [1.29, 1.82) is 0 Å². The number of ether oxygens (including phenoxy) is 1. The Bertz CT molecular complexity index is 398. The number of fused-ring (bicyclic) bond motifs is 3. The monoisotopic (exact) mass is 259 g/mol. The standard InChI is InChI=1S/C17H25NO/c1-12(11-19-2)18-17-15-7-8-16(17)10-14-6-4-3-5-13(14)9-15/h3-6,12,15-18H,7-11H2,1-2H3. The van der Waals surface area contributed by atoms with E-state index in [9.17, 15) is 0 Å². The van der Waals surface area contributed by atoms with Gasteiger partial charge in [0, 0.05) is 19.2 Å². The molecule has 19 heavy (non-hydrogen) atoms. The van der Waals surface area contributed by atoms with Crippen LogP contribution < -0.4 is 5.32 Å². The van der Waals surface area contributed by atoms with Gasteiger partial charge >= 0.3 is 0 Å². The predicted molar refractivity (Wildman–Crippen MR) is 78.3 cm³/mol. The normalized spacial score (nSPS) is 30.7. The van der Waals surface area contributed by atoms with Crippen molar-refractivity contribution < 1.29 is 4.74 Å². The Hall–Kier alpha value is -0.860. The van der Waals surface area contributed by atoms with Gasteiger partial charge in [-0.2, -0.15) is 0 Å². The maximum absolute atomic E-state index is 5.27. The molecule has 2 nitrogen and oxygen atoms in total. The van der Waals surface area contributed by atoms with Crippen LogP contribution in [0.1, 0.15) is 30.9 Å². The lowest BCUT2D eigenvalue weighted by atomic mass is 9.94. The second kappa shape index (κ2) is 5.64. The van der Waals surface area contributed by atoms with Crippen LogP contribution in [0, 0.1) is 11.8 Å². The van der Waals surface area contributed by atoms with Gasteiger partial charge in [-0.25, -0.2) is 0 Å². The first kappa shape index (κ1) is 13.1. The topological polar surface area (TPSA) is 21.3 Å². The molecule has 1 aromatic rings. The third-order valence-electron chi connectivity index (χ3n) is 4.90. The third-order valence-corrected chi connectivity index (χ3v) is 4.90. The average molecular weight is 259 g/mol. The first-order valence-electron chi connectivity index (χ1n) is 7.59. The van der Waals surface area contributed by atoms with Gasteiger partial charge < -0.3 is 10.1 Å². The average Bonchev–Trinajstić information content (AvgIpc) is 2.66. The zero-order valence-corrected chi connectivity index (χ0v) is 12.1. The van der Waals surface area contributed by atoms with Gasteiger partial charge in [-0.1, -0.05) is 24.3 Å². The van der Waals surface area contributed by atoms with E-state index in [2.05, 4.69) is 36.5 Å². The number of hydrogen-bond donors (Lipinski definition) is 1. The summed E-state index contributed by atoms with van der Waals surface area (Å²) in [6.07, 6.45) is 5.28. The molecule has 2 aliphatic carbocycles. The lowest BCUT2D eigenvalue weighted by Gasteiger charge is -2.27. The molecule has 1 N–H and O–H groups in total. The molecule has 0 radical (unpaired) electrons. The zero-order valence-electron chi connectivity index (χ0n) is 12.1. The van der Waals surface area contributed by atoms with E-state index in [1.165, 1.54) is 25.7 Å². The van der Waals surface area contributed by atoms with Crippen molar-refractivity contribution in [2.45, 2.75) is 44.7 Å². The smallest absolute Gasteiger partial charge is 0.0613 e. The molecule has 0 aromatic heterocycles. The summed E-state index contributed by atoms with van der Waals surface area (Å²) in [4.78, 5) is 0. The van der Waals surface area contributed by atoms with E-state index in [-0.39, 0.29) is 0 Å². The summed E-state index contributed by atoms with van der Waals surface area (Å²) in [5.41, 5.74) is 3.17. The van der Waals surface area contributed by atoms with Gasteiger partial charge in [0.05, 0.1) is 6.61 Å². The summed E-state index contributed by atoms with van der Waals surface area (Å²) in [5, 5.41) is 3.83. The van der Waals surface area contributed by atoms with E-state index in [1.807, 2.05) is 0 Å². The molecule has 3 rings (SSSR count). The zero-order chi connectivity index (χ0) is 13.2. The Kier molecular flexibility index (Phi) is 3.90. The first-order valence-corrected chi connectivity index (χ1v) is 7.59. The van der Waals surface area contributed by atoms with E-state index < -0.39 is 0 Å². The summed E-state index contributed by atoms with van der Waals surface area (Å²) in [7, 11) is 1.79. The van der Waals surface area contributed by atoms with Crippen LogP contribution in [-0.2, 0) is 17.6 Å². The summed E-state index contributed by atoms with van der Waals surface area (Å²) in [6, 6.07) is 10.2. The lowest BCUT2D eigenvalue weighted by molar-refractivity contribution is 0.157. The van der Waals surface area contributed by atoms with Gasteiger partial charge in [-0.05, 0) is 55.6 Å². The molecule has 2 aliphatic rings. The van der Waals surface area contributed by atoms with Crippen LogP contribution in [0.3, 0.4) is 0 Å². The summed E-state index contributed by atoms with van der Waals surface area (Å²) in [6.45, 7) is 3.05. The highest BCUT2D eigenvalue weighted by Gasteiger charge is 2.39. The molecule has 104 valence electrons. The van der Waals surface area contributed by atoms with Crippen molar-refractivity contribution in [2.75, 3.05) is 13.7 Å². The molecule has 0 spiro atoms. The van der Waals surface area contributed by atoms with Crippen LogP contribution in [0.5, 0.6) is 0 Å². The van der Waals surface area contributed by atoms with Crippen molar-refractivity contribution in [3.63, 3.8) is 0 Å². The molecule has 0 amide bonds. The lowest BCUT2D eigenvalue weighted by Crippen LogP contribution is -2.44. The van der Waals surface area contributed by atoms with Crippen LogP contribution >= 0.6 is 0 Å². The fraction of sp³-hybridized carbons (Fsp3) is 0.647. The van der Waals surface area contributed by atoms with E-state index in [4.69, 9.17) is 4.74 Å². The van der Waals surface area contributed by atoms with Crippen molar-refractivity contribution in [3.8, 4) is 0 Å². The first-order chi connectivity index (χ1) is 9.28. The van der Waals surface area contributed by atoms with Gasteiger partial charge in [0.15, 0.2) is 0 Å². The fourth-order valence-corrected chi connectivity index (χ4v) is 4.05. The Morgan fingerprint density at radius 3 is 2.26 bits per heavy atom. The summed E-state index contributed by atoms with van der Waals surface area (Å²) < 4.78 is 5.27. The molecule has 0 aliphatic heterocycles. The highest BCUT2D eigenvalue weighted by atomic mass is 16.5. The Balaban J connectivity index is 1.76. The van der Waals surface area contributed by atoms with Crippen LogP contribution in [0.4, 0.5) is 0 Å². The summed E-state index contributed by atoms with van der Waals surface area (Å²) >= 11 is 0. The van der Waals surface area contributed by atoms with Gasteiger partial charge in [-0.15, -0.1) is 0 Å².